The molecule has 28 heavy (non-hydrogen) atoms. The highest BCUT2D eigenvalue weighted by Gasteiger charge is 2.45. The fourth-order valence-electron chi connectivity index (χ4n) is 3.42. The van der Waals surface area contributed by atoms with E-state index in [9.17, 15) is 18.0 Å². The third kappa shape index (κ3) is 4.01. The zero-order valence-electron chi connectivity index (χ0n) is 15.0. The molecule has 2 heterocycles. The van der Waals surface area contributed by atoms with Gasteiger partial charge in [-0.1, -0.05) is 18.2 Å². The number of halogens is 3. The van der Waals surface area contributed by atoms with Crippen LogP contribution in [0.4, 0.5) is 13.2 Å². The topological polar surface area (TPSA) is 54.1 Å². The van der Waals surface area contributed by atoms with E-state index in [2.05, 4.69) is 10.3 Å². The molecule has 3 atom stereocenters. The van der Waals surface area contributed by atoms with Crippen LogP contribution in [0, 0.1) is 5.92 Å². The van der Waals surface area contributed by atoms with Gasteiger partial charge in [-0.3, -0.25) is 4.79 Å². The number of benzene rings is 1. The summed E-state index contributed by atoms with van der Waals surface area (Å²) in [6, 6.07) is 10.9. The van der Waals surface area contributed by atoms with E-state index >= 15 is 0 Å². The lowest BCUT2D eigenvalue weighted by Gasteiger charge is -2.12. The lowest BCUT2D eigenvalue weighted by atomic mass is 10.1. The average molecular weight is 408 g/mol. The second-order valence-corrected chi connectivity index (χ2v) is 8.11. The molecule has 1 aliphatic rings. The summed E-state index contributed by atoms with van der Waals surface area (Å²) in [5.74, 6) is 0.0777. The van der Waals surface area contributed by atoms with Crippen LogP contribution in [0.1, 0.15) is 35.7 Å². The number of H-pyrrole nitrogens is 1. The Morgan fingerprint density at radius 1 is 1.32 bits per heavy atom. The van der Waals surface area contributed by atoms with E-state index in [0.717, 1.165) is 39.1 Å². The van der Waals surface area contributed by atoms with E-state index in [1.54, 1.807) is 6.07 Å². The number of nitrogens with one attached hydrogen (secondary N) is 2. The van der Waals surface area contributed by atoms with Crippen molar-refractivity contribution in [3.63, 3.8) is 0 Å². The lowest BCUT2D eigenvalue weighted by molar-refractivity contribution is -0.152. The molecule has 0 saturated heterocycles. The SMILES string of the molecule is CC(NC(=O)C1CC1c1c[nH]c2ccccc12)c1ccc(OCC(F)(F)F)s1. The summed E-state index contributed by atoms with van der Waals surface area (Å²) in [5.41, 5.74) is 2.21. The number of amides is 1. The highest BCUT2D eigenvalue weighted by atomic mass is 32.1. The van der Waals surface area contributed by atoms with E-state index in [-0.39, 0.29) is 28.8 Å². The number of para-hydroxylation sites is 1. The van der Waals surface area contributed by atoms with Crippen LogP contribution in [0.25, 0.3) is 10.9 Å². The van der Waals surface area contributed by atoms with Gasteiger partial charge in [0.2, 0.25) is 5.91 Å². The van der Waals surface area contributed by atoms with Crippen LogP contribution in [-0.2, 0) is 4.79 Å². The Kier molecular flexibility index (Phi) is 4.82. The predicted octanol–water partition coefficient (Wildman–Crippen LogP) is 5.15. The summed E-state index contributed by atoms with van der Waals surface area (Å²) in [6.07, 6.45) is -1.60. The zero-order chi connectivity index (χ0) is 19.9. The van der Waals surface area contributed by atoms with Gasteiger partial charge in [-0.2, -0.15) is 13.2 Å². The second-order valence-electron chi connectivity index (χ2n) is 7.03. The molecule has 0 bridgehead atoms. The fraction of sp³-hybridized carbons (Fsp3) is 0.350. The highest BCUT2D eigenvalue weighted by molar-refractivity contribution is 7.13. The molecule has 0 aliphatic heterocycles. The van der Waals surface area contributed by atoms with Crippen LogP contribution in [0.2, 0.25) is 0 Å². The van der Waals surface area contributed by atoms with E-state index in [1.165, 1.54) is 6.07 Å². The first-order valence-corrected chi connectivity index (χ1v) is 9.79. The molecule has 1 saturated carbocycles. The largest absolute Gasteiger partial charge is 0.475 e. The number of rotatable bonds is 6. The van der Waals surface area contributed by atoms with Gasteiger partial charge in [0.05, 0.1) is 6.04 Å². The van der Waals surface area contributed by atoms with Crippen LogP contribution in [0.3, 0.4) is 0 Å². The number of carbonyl (C=O) groups is 1. The Hall–Kier alpha value is -2.48. The molecule has 3 aromatic rings. The van der Waals surface area contributed by atoms with E-state index in [0.29, 0.717) is 0 Å². The van der Waals surface area contributed by atoms with Crippen molar-refractivity contribution in [1.29, 1.82) is 0 Å². The summed E-state index contributed by atoms with van der Waals surface area (Å²) < 4.78 is 41.5. The van der Waals surface area contributed by atoms with Crippen LogP contribution in [-0.4, -0.2) is 23.7 Å². The Labute approximate surface area is 163 Å². The summed E-state index contributed by atoms with van der Waals surface area (Å²) in [4.78, 5) is 16.6. The predicted molar refractivity (Wildman–Crippen MR) is 102 cm³/mol. The van der Waals surface area contributed by atoms with Crippen LogP contribution in [0.15, 0.2) is 42.6 Å². The Morgan fingerprint density at radius 3 is 2.89 bits per heavy atom. The number of thiophene rings is 1. The third-order valence-corrected chi connectivity index (χ3v) is 6.09. The van der Waals surface area contributed by atoms with Gasteiger partial charge in [-0.05, 0) is 43.0 Å². The number of alkyl halides is 3. The second kappa shape index (κ2) is 7.16. The van der Waals surface area contributed by atoms with Gasteiger partial charge in [0.15, 0.2) is 11.7 Å². The minimum atomic E-state index is -4.37. The molecule has 0 spiro atoms. The standard InChI is InChI=1S/C20H19F3N2O2S/c1-11(17-6-7-18(28-17)27-10-20(21,22)23)25-19(26)14-8-13(14)15-9-24-16-5-3-2-4-12(15)16/h2-7,9,11,13-14,24H,8,10H2,1H3,(H,25,26). The van der Waals surface area contributed by atoms with E-state index in [1.807, 2.05) is 37.4 Å². The molecule has 1 aliphatic carbocycles. The van der Waals surface area contributed by atoms with Crippen molar-refractivity contribution in [3.8, 4) is 5.06 Å². The molecular weight excluding hydrogens is 389 g/mol. The van der Waals surface area contributed by atoms with Crippen molar-refractivity contribution in [1.82, 2.24) is 10.3 Å². The number of fused-ring (bicyclic) bond motifs is 1. The molecule has 3 unspecified atom stereocenters. The Morgan fingerprint density at radius 2 is 2.11 bits per heavy atom. The number of aromatic amines is 1. The number of hydrogen-bond acceptors (Lipinski definition) is 3. The molecule has 148 valence electrons. The van der Waals surface area contributed by atoms with Crippen LogP contribution >= 0.6 is 11.3 Å². The lowest BCUT2D eigenvalue weighted by Crippen LogP contribution is -2.27. The third-order valence-electron chi connectivity index (χ3n) is 4.91. The van der Waals surface area contributed by atoms with Crippen LogP contribution in [0.5, 0.6) is 5.06 Å². The number of ether oxygens (including phenoxy) is 1. The maximum atomic E-state index is 12.6. The number of aromatic nitrogens is 1. The summed E-state index contributed by atoms with van der Waals surface area (Å²) in [5, 5.41) is 4.30. The van der Waals surface area contributed by atoms with Crippen molar-refractivity contribution in [3.05, 3.63) is 53.0 Å². The van der Waals surface area contributed by atoms with Gasteiger partial charge in [-0.15, -0.1) is 11.3 Å². The maximum absolute atomic E-state index is 12.6. The summed E-state index contributed by atoms with van der Waals surface area (Å²) in [7, 11) is 0. The van der Waals surface area contributed by atoms with Gasteiger partial charge in [0, 0.05) is 27.9 Å². The molecule has 0 radical (unpaired) electrons. The monoisotopic (exact) mass is 408 g/mol. The maximum Gasteiger partial charge on any atom is 0.422 e. The molecule has 2 aromatic heterocycles. The molecule has 4 rings (SSSR count). The minimum absolute atomic E-state index is 0.0334. The van der Waals surface area contributed by atoms with Crippen LogP contribution < -0.4 is 10.1 Å². The molecular formula is C20H19F3N2O2S. The Bertz CT molecular complexity index is 995. The molecule has 1 aromatic carbocycles. The van der Waals surface area contributed by atoms with Gasteiger partial charge in [0.25, 0.3) is 0 Å². The summed E-state index contributed by atoms with van der Waals surface area (Å²) >= 11 is 1.11. The average Bonchev–Trinajstić information content (AvgIpc) is 3.11. The normalized spacial score (nSPS) is 20.1. The van der Waals surface area contributed by atoms with Crippen molar-refractivity contribution >= 4 is 28.1 Å². The number of hydrogen-bond donors (Lipinski definition) is 2. The quantitative estimate of drug-likeness (QED) is 0.593. The molecule has 2 N–H and O–H groups in total. The number of carbonyl (C=O) groups excluding carboxylic acids is 1. The van der Waals surface area contributed by atoms with Crippen molar-refractivity contribution in [2.24, 2.45) is 5.92 Å². The molecule has 1 fully saturated rings. The smallest absolute Gasteiger partial charge is 0.422 e. The van der Waals surface area contributed by atoms with E-state index < -0.39 is 12.8 Å². The molecule has 4 nitrogen and oxygen atoms in total. The van der Waals surface area contributed by atoms with Crippen molar-refractivity contribution in [2.75, 3.05) is 6.61 Å². The Balaban J connectivity index is 1.35. The van der Waals surface area contributed by atoms with Gasteiger partial charge >= 0.3 is 6.18 Å². The molecule has 8 heteroatoms. The van der Waals surface area contributed by atoms with Gasteiger partial charge in [-0.25, -0.2) is 0 Å². The first kappa shape index (κ1) is 18.9. The minimum Gasteiger partial charge on any atom is -0.475 e. The van der Waals surface area contributed by atoms with Crippen molar-refractivity contribution < 1.29 is 22.7 Å². The van der Waals surface area contributed by atoms with Crippen molar-refractivity contribution in [2.45, 2.75) is 31.5 Å². The van der Waals surface area contributed by atoms with Gasteiger partial charge in [0.1, 0.15) is 0 Å². The molecule has 1 amide bonds. The summed E-state index contributed by atoms with van der Waals surface area (Å²) in [6.45, 7) is 0.502. The van der Waals surface area contributed by atoms with Gasteiger partial charge < -0.3 is 15.0 Å². The van der Waals surface area contributed by atoms with E-state index in [4.69, 9.17) is 4.74 Å². The first-order valence-electron chi connectivity index (χ1n) is 8.97. The first-order chi connectivity index (χ1) is 13.3. The highest BCUT2D eigenvalue weighted by Crippen LogP contribution is 2.50. The zero-order valence-corrected chi connectivity index (χ0v) is 15.9. The fourth-order valence-corrected chi connectivity index (χ4v) is 4.28.